The number of likely N-dealkylation sites (tertiary alicyclic amines) is 1. The zero-order chi connectivity index (χ0) is 28.3. The van der Waals surface area contributed by atoms with Gasteiger partial charge in [-0.3, -0.25) is 9.59 Å². The summed E-state index contributed by atoms with van der Waals surface area (Å²) < 4.78 is 33.9. The van der Waals surface area contributed by atoms with Gasteiger partial charge in [0.2, 0.25) is 5.91 Å². The van der Waals surface area contributed by atoms with Crippen LogP contribution in [0.3, 0.4) is 0 Å². The Kier molecular flexibility index (Phi) is 8.74. The molecule has 1 aromatic heterocycles. The zero-order valence-corrected chi connectivity index (χ0v) is 24.6. The lowest BCUT2D eigenvalue weighted by Gasteiger charge is -2.33. The highest BCUT2D eigenvalue weighted by atomic mass is 35.5. The number of piperazine rings is 1. The number of rotatable bonds is 8. The molecule has 2 saturated heterocycles. The monoisotopic (exact) mass is 602 g/mol. The first-order valence-corrected chi connectivity index (χ1v) is 15.9. The minimum absolute atomic E-state index is 0.0380. The van der Waals surface area contributed by atoms with Gasteiger partial charge in [0.1, 0.15) is 4.21 Å². The van der Waals surface area contributed by atoms with E-state index in [0.717, 1.165) is 58.6 Å². The van der Waals surface area contributed by atoms with Crippen LogP contribution in [0.25, 0.3) is 10.1 Å². The SMILES string of the molecule is CCOC(=O)C1CCN(C=Nc2ccc(CN3CCN(S(=O)(=O)c4cc5ccc(Cl)cc5s4)CC3=O)cc2)CC1. The highest BCUT2D eigenvalue weighted by Gasteiger charge is 2.34. The number of hydrogen-bond donors (Lipinski definition) is 0. The van der Waals surface area contributed by atoms with E-state index >= 15 is 0 Å². The first kappa shape index (κ1) is 28.5. The van der Waals surface area contributed by atoms with Crippen LogP contribution in [0.2, 0.25) is 5.02 Å². The highest BCUT2D eigenvalue weighted by Crippen LogP contribution is 2.33. The van der Waals surface area contributed by atoms with E-state index in [1.807, 2.05) is 37.5 Å². The molecule has 0 saturated carbocycles. The number of piperidine rings is 1. The number of amides is 1. The van der Waals surface area contributed by atoms with E-state index in [1.54, 1.807) is 29.2 Å². The molecule has 0 bridgehead atoms. The molecule has 12 heteroatoms. The molecule has 3 aromatic rings. The van der Waals surface area contributed by atoms with Crippen molar-refractivity contribution in [2.75, 3.05) is 39.3 Å². The van der Waals surface area contributed by atoms with Gasteiger partial charge in [-0.15, -0.1) is 11.3 Å². The van der Waals surface area contributed by atoms with Crippen LogP contribution in [0.5, 0.6) is 0 Å². The molecule has 2 aliphatic rings. The summed E-state index contributed by atoms with van der Waals surface area (Å²) in [6.07, 6.45) is 3.32. The summed E-state index contributed by atoms with van der Waals surface area (Å²) in [6.45, 7) is 4.51. The van der Waals surface area contributed by atoms with Crippen LogP contribution >= 0.6 is 22.9 Å². The van der Waals surface area contributed by atoms with Gasteiger partial charge >= 0.3 is 5.97 Å². The van der Waals surface area contributed by atoms with E-state index in [2.05, 4.69) is 9.89 Å². The number of halogens is 1. The van der Waals surface area contributed by atoms with Crippen molar-refractivity contribution in [2.45, 2.75) is 30.5 Å². The number of carbonyl (C=O) groups excluding carboxylic acids is 2. The van der Waals surface area contributed by atoms with Gasteiger partial charge in [0.05, 0.1) is 31.1 Å². The summed E-state index contributed by atoms with van der Waals surface area (Å²) in [6, 6.07) is 14.6. The molecule has 40 heavy (non-hydrogen) atoms. The van der Waals surface area contributed by atoms with E-state index in [9.17, 15) is 18.0 Å². The second kappa shape index (κ2) is 12.3. The number of aliphatic imine (C=N–C) groups is 1. The number of benzene rings is 2. The van der Waals surface area contributed by atoms with Gasteiger partial charge in [0.15, 0.2) is 0 Å². The van der Waals surface area contributed by atoms with Crippen LogP contribution in [-0.4, -0.2) is 80.1 Å². The predicted octanol–water partition coefficient (Wildman–Crippen LogP) is 4.52. The summed E-state index contributed by atoms with van der Waals surface area (Å²) in [5, 5.41) is 1.36. The Bertz CT molecular complexity index is 1520. The number of hydrogen-bond acceptors (Lipinski definition) is 7. The summed E-state index contributed by atoms with van der Waals surface area (Å²) in [7, 11) is -3.78. The van der Waals surface area contributed by atoms with Gasteiger partial charge in [-0.05, 0) is 61.0 Å². The van der Waals surface area contributed by atoms with E-state index in [4.69, 9.17) is 16.3 Å². The maximum Gasteiger partial charge on any atom is 0.309 e. The molecular weight excluding hydrogens is 572 g/mol. The van der Waals surface area contributed by atoms with Crippen molar-refractivity contribution >= 4 is 66.9 Å². The number of ether oxygens (including phenoxy) is 1. The fourth-order valence-electron chi connectivity index (χ4n) is 4.86. The van der Waals surface area contributed by atoms with Gasteiger partial charge in [-0.1, -0.05) is 29.8 Å². The van der Waals surface area contributed by atoms with Crippen molar-refractivity contribution in [3.05, 3.63) is 59.1 Å². The molecule has 0 spiro atoms. The number of esters is 1. The zero-order valence-electron chi connectivity index (χ0n) is 22.2. The molecule has 0 N–H and O–H groups in total. The molecule has 0 radical (unpaired) electrons. The Morgan fingerprint density at radius 3 is 2.55 bits per heavy atom. The van der Waals surface area contributed by atoms with E-state index in [0.29, 0.717) is 24.7 Å². The Hall–Kier alpha value is -2.99. The van der Waals surface area contributed by atoms with Gasteiger partial charge in [-0.2, -0.15) is 4.31 Å². The fraction of sp³-hybridized carbons (Fsp3) is 0.393. The molecule has 3 heterocycles. The van der Waals surface area contributed by atoms with Crippen LogP contribution in [0.15, 0.2) is 57.7 Å². The van der Waals surface area contributed by atoms with Crippen LogP contribution in [-0.2, 0) is 30.9 Å². The second-order valence-corrected chi connectivity index (χ2v) is 13.6. The highest BCUT2D eigenvalue weighted by molar-refractivity contribution is 7.91. The van der Waals surface area contributed by atoms with Crippen molar-refractivity contribution in [1.29, 1.82) is 0 Å². The molecule has 2 fully saturated rings. The number of carbonyl (C=O) groups is 2. The quantitative estimate of drug-likeness (QED) is 0.213. The molecule has 2 aromatic carbocycles. The van der Waals surface area contributed by atoms with Gasteiger partial charge in [0.25, 0.3) is 10.0 Å². The third kappa shape index (κ3) is 6.49. The standard InChI is InChI=1S/C28H31ClN4O5S2/c1-2-38-28(35)21-9-11-31(12-10-21)19-30-24-7-3-20(4-8-24)17-32-13-14-33(18-26(32)34)40(36,37)27-15-22-5-6-23(29)16-25(22)39-27/h3-8,15-16,19,21H,2,9-14,17-18H2,1H3. The normalized spacial score (nSPS) is 17.7. The summed E-state index contributed by atoms with van der Waals surface area (Å²) in [5.74, 6) is -0.380. The summed E-state index contributed by atoms with van der Waals surface area (Å²) in [5.41, 5.74) is 1.74. The lowest BCUT2D eigenvalue weighted by molar-refractivity contribution is -0.149. The summed E-state index contributed by atoms with van der Waals surface area (Å²) in [4.78, 5) is 33.1. The lowest BCUT2D eigenvalue weighted by Crippen LogP contribution is -2.51. The Balaban J connectivity index is 1.13. The van der Waals surface area contributed by atoms with Crippen LogP contribution in [0.4, 0.5) is 5.69 Å². The van der Waals surface area contributed by atoms with Crippen molar-refractivity contribution in [1.82, 2.24) is 14.1 Å². The molecular formula is C28H31ClN4O5S2. The smallest absolute Gasteiger partial charge is 0.309 e. The number of nitrogens with zero attached hydrogens (tertiary/aromatic N) is 4. The van der Waals surface area contributed by atoms with Crippen molar-refractivity contribution in [2.24, 2.45) is 10.9 Å². The third-order valence-corrected chi connectivity index (χ3v) is 10.8. The first-order valence-electron chi connectivity index (χ1n) is 13.2. The van der Waals surface area contributed by atoms with E-state index < -0.39 is 10.0 Å². The first-order chi connectivity index (χ1) is 19.2. The van der Waals surface area contributed by atoms with Crippen molar-refractivity contribution in [3.63, 3.8) is 0 Å². The second-order valence-electron chi connectivity index (χ2n) is 9.87. The van der Waals surface area contributed by atoms with E-state index in [1.165, 1.54) is 4.31 Å². The van der Waals surface area contributed by atoms with Crippen LogP contribution in [0, 0.1) is 5.92 Å². The van der Waals surface area contributed by atoms with Crippen molar-refractivity contribution in [3.8, 4) is 0 Å². The Morgan fingerprint density at radius 2 is 1.85 bits per heavy atom. The molecule has 9 nitrogen and oxygen atoms in total. The Morgan fingerprint density at radius 1 is 1.10 bits per heavy atom. The number of thiophene rings is 1. The van der Waals surface area contributed by atoms with Gasteiger partial charge in [-0.25, -0.2) is 13.4 Å². The maximum atomic E-state index is 13.2. The average Bonchev–Trinajstić information content (AvgIpc) is 3.38. The molecule has 2 aliphatic heterocycles. The summed E-state index contributed by atoms with van der Waals surface area (Å²) >= 11 is 7.21. The predicted molar refractivity (Wildman–Crippen MR) is 157 cm³/mol. The molecule has 0 unspecified atom stereocenters. The minimum atomic E-state index is -3.78. The largest absolute Gasteiger partial charge is 0.466 e. The van der Waals surface area contributed by atoms with Gasteiger partial charge in [0, 0.05) is 42.4 Å². The van der Waals surface area contributed by atoms with Crippen LogP contribution in [0.1, 0.15) is 25.3 Å². The van der Waals surface area contributed by atoms with E-state index in [-0.39, 0.29) is 35.1 Å². The number of fused-ring (bicyclic) bond motifs is 1. The molecule has 5 rings (SSSR count). The maximum absolute atomic E-state index is 13.2. The Labute approximate surface area is 243 Å². The molecule has 1 amide bonds. The molecule has 212 valence electrons. The average molecular weight is 603 g/mol. The minimum Gasteiger partial charge on any atom is -0.466 e. The molecule has 0 aliphatic carbocycles. The lowest BCUT2D eigenvalue weighted by atomic mass is 9.97. The van der Waals surface area contributed by atoms with Gasteiger partial charge < -0.3 is 14.5 Å². The number of sulfonamides is 1. The van der Waals surface area contributed by atoms with Crippen LogP contribution < -0.4 is 0 Å². The molecule has 0 atom stereocenters. The van der Waals surface area contributed by atoms with Crippen molar-refractivity contribution < 1.29 is 22.7 Å². The fourth-order valence-corrected chi connectivity index (χ4v) is 8.07. The third-order valence-electron chi connectivity index (χ3n) is 7.17. The topological polar surface area (TPSA) is 99.6 Å².